The van der Waals surface area contributed by atoms with Gasteiger partial charge in [0.2, 0.25) is 0 Å². The van der Waals surface area contributed by atoms with Gasteiger partial charge < -0.3 is 15.1 Å². The SMILES string of the molecule is C=C(C)CNC(=NCc1c(CC)nn(C)c1CC)NCCc1ccco1. The zero-order valence-corrected chi connectivity index (χ0v) is 16.4. The fourth-order valence-corrected chi connectivity index (χ4v) is 2.90. The molecule has 0 aliphatic rings. The summed E-state index contributed by atoms with van der Waals surface area (Å²) in [6.45, 7) is 12.3. The van der Waals surface area contributed by atoms with E-state index < -0.39 is 0 Å². The van der Waals surface area contributed by atoms with E-state index in [9.17, 15) is 0 Å². The summed E-state index contributed by atoms with van der Waals surface area (Å²) in [5.74, 6) is 1.75. The number of rotatable bonds is 9. The van der Waals surface area contributed by atoms with E-state index >= 15 is 0 Å². The zero-order valence-electron chi connectivity index (χ0n) is 16.4. The predicted octanol–water partition coefficient (Wildman–Crippen LogP) is 2.99. The van der Waals surface area contributed by atoms with Crippen LogP contribution in [0.4, 0.5) is 0 Å². The fourth-order valence-electron chi connectivity index (χ4n) is 2.90. The van der Waals surface area contributed by atoms with Crippen LogP contribution in [-0.2, 0) is 32.9 Å². The Bertz CT molecular complexity index is 728. The zero-order chi connectivity index (χ0) is 18.9. The van der Waals surface area contributed by atoms with E-state index in [1.54, 1.807) is 6.26 Å². The summed E-state index contributed by atoms with van der Waals surface area (Å²) in [6, 6.07) is 3.89. The number of furan rings is 1. The number of aryl methyl sites for hydroxylation is 2. The van der Waals surface area contributed by atoms with Crippen molar-refractivity contribution in [2.45, 2.75) is 46.6 Å². The Kier molecular flexibility index (Phi) is 7.51. The summed E-state index contributed by atoms with van der Waals surface area (Å²) in [4.78, 5) is 4.78. The molecule has 2 heterocycles. The monoisotopic (exact) mass is 357 g/mol. The second kappa shape index (κ2) is 9.85. The van der Waals surface area contributed by atoms with Gasteiger partial charge in [-0.3, -0.25) is 4.68 Å². The highest BCUT2D eigenvalue weighted by molar-refractivity contribution is 5.80. The molecule has 0 fully saturated rings. The Hall–Kier alpha value is -2.50. The molecule has 2 aromatic rings. The van der Waals surface area contributed by atoms with Crippen molar-refractivity contribution in [1.82, 2.24) is 20.4 Å². The Morgan fingerprint density at radius 3 is 2.73 bits per heavy atom. The molecule has 0 saturated heterocycles. The van der Waals surface area contributed by atoms with Crippen LogP contribution in [-0.4, -0.2) is 28.8 Å². The summed E-state index contributed by atoms with van der Waals surface area (Å²) in [5, 5.41) is 11.3. The number of guanidine groups is 1. The molecule has 2 N–H and O–H groups in total. The highest BCUT2D eigenvalue weighted by Gasteiger charge is 2.13. The second-order valence-corrected chi connectivity index (χ2v) is 6.43. The standard InChI is InChI=1S/C20H31N5O/c1-6-18-17(19(7-2)25(5)24-18)14-23-20(22-13-15(3)4)21-11-10-16-9-8-12-26-16/h8-9,12H,3,6-7,10-11,13-14H2,1-2,4-5H3,(H2,21,22,23). The van der Waals surface area contributed by atoms with Crippen LogP contribution in [0.5, 0.6) is 0 Å². The van der Waals surface area contributed by atoms with E-state index in [4.69, 9.17) is 9.41 Å². The van der Waals surface area contributed by atoms with Crippen LogP contribution in [0, 0.1) is 0 Å². The van der Waals surface area contributed by atoms with E-state index in [2.05, 4.69) is 36.2 Å². The van der Waals surface area contributed by atoms with Crippen LogP contribution in [0.3, 0.4) is 0 Å². The number of nitrogens with zero attached hydrogens (tertiary/aromatic N) is 3. The number of aromatic nitrogens is 2. The van der Waals surface area contributed by atoms with Gasteiger partial charge in [0, 0.05) is 37.8 Å². The first-order valence-electron chi connectivity index (χ1n) is 9.27. The first-order chi connectivity index (χ1) is 12.5. The first kappa shape index (κ1) is 19.8. The highest BCUT2D eigenvalue weighted by Crippen LogP contribution is 2.16. The number of aliphatic imine (C=N–C) groups is 1. The van der Waals surface area contributed by atoms with Gasteiger partial charge >= 0.3 is 0 Å². The van der Waals surface area contributed by atoms with Gasteiger partial charge in [0.25, 0.3) is 0 Å². The maximum absolute atomic E-state index is 5.38. The van der Waals surface area contributed by atoms with Gasteiger partial charge in [0.15, 0.2) is 5.96 Å². The third-order valence-electron chi connectivity index (χ3n) is 4.22. The lowest BCUT2D eigenvalue weighted by molar-refractivity contribution is 0.507. The van der Waals surface area contributed by atoms with Crippen LogP contribution >= 0.6 is 0 Å². The molecule has 0 saturated carbocycles. The third-order valence-corrected chi connectivity index (χ3v) is 4.22. The van der Waals surface area contributed by atoms with E-state index in [1.807, 2.05) is 30.8 Å². The van der Waals surface area contributed by atoms with Crippen LogP contribution < -0.4 is 10.6 Å². The largest absolute Gasteiger partial charge is 0.469 e. The van der Waals surface area contributed by atoms with Crippen molar-refractivity contribution in [3.05, 3.63) is 53.3 Å². The summed E-state index contributed by atoms with van der Waals surface area (Å²) in [7, 11) is 2.01. The van der Waals surface area contributed by atoms with Gasteiger partial charge in [-0.15, -0.1) is 0 Å². The molecular weight excluding hydrogens is 326 g/mol. The molecule has 0 aliphatic heterocycles. The molecule has 0 radical (unpaired) electrons. The van der Waals surface area contributed by atoms with Gasteiger partial charge in [-0.1, -0.05) is 26.0 Å². The minimum atomic E-state index is 0.618. The predicted molar refractivity (Wildman–Crippen MR) is 106 cm³/mol. The molecule has 0 unspecified atom stereocenters. The lowest BCUT2D eigenvalue weighted by Gasteiger charge is -2.12. The quantitative estimate of drug-likeness (QED) is 0.411. The van der Waals surface area contributed by atoms with Crippen molar-refractivity contribution in [3.63, 3.8) is 0 Å². The number of hydrogen-bond donors (Lipinski definition) is 2. The Balaban J connectivity index is 2.07. The van der Waals surface area contributed by atoms with Crippen molar-refractivity contribution in [2.24, 2.45) is 12.0 Å². The molecule has 0 bridgehead atoms. The molecule has 0 spiro atoms. The molecule has 142 valence electrons. The minimum Gasteiger partial charge on any atom is -0.469 e. The molecule has 2 rings (SSSR count). The van der Waals surface area contributed by atoms with Gasteiger partial charge in [-0.05, 0) is 31.9 Å². The van der Waals surface area contributed by atoms with Crippen molar-refractivity contribution >= 4 is 5.96 Å². The lowest BCUT2D eigenvalue weighted by atomic mass is 10.1. The molecule has 0 aliphatic carbocycles. The molecule has 0 atom stereocenters. The van der Waals surface area contributed by atoms with Crippen LogP contribution in [0.15, 0.2) is 40.0 Å². The normalized spacial score (nSPS) is 11.6. The molecular formula is C20H31N5O. The van der Waals surface area contributed by atoms with Crippen molar-refractivity contribution in [1.29, 1.82) is 0 Å². The van der Waals surface area contributed by atoms with Crippen LogP contribution in [0.25, 0.3) is 0 Å². The highest BCUT2D eigenvalue weighted by atomic mass is 16.3. The van der Waals surface area contributed by atoms with Gasteiger partial charge in [-0.25, -0.2) is 4.99 Å². The summed E-state index contributed by atoms with van der Waals surface area (Å²) in [6.07, 6.45) is 4.38. The van der Waals surface area contributed by atoms with E-state index in [0.29, 0.717) is 13.1 Å². The Labute approximate surface area is 156 Å². The average molecular weight is 358 g/mol. The fraction of sp³-hybridized carbons (Fsp3) is 0.500. The van der Waals surface area contributed by atoms with Gasteiger partial charge in [0.05, 0.1) is 18.5 Å². The average Bonchev–Trinajstić information content (AvgIpc) is 3.23. The van der Waals surface area contributed by atoms with Crippen LogP contribution in [0.2, 0.25) is 0 Å². The number of hydrogen-bond acceptors (Lipinski definition) is 3. The summed E-state index contributed by atoms with van der Waals surface area (Å²) >= 11 is 0. The van der Waals surface area contributed by atoms with E-state index in [0.717, 1.165) is 48.8 Å². The Morgan fingerprint density at radius 2 is 2.12 bits per heavy atom. The molecule has 0 amide bonds. The molecule has 6 heteroatoms. The van der Waals surface area contributed by atoms with Crippen LogP contribution in [0.1, 0.15) is 43.5 Å². The third kappa shape index (κ3) is 5.51. The van der Waals surface area contributed by atoms with E-state index in [1.165, 1.54) is 11.3 Å². The smallest absolute Gasteiger partial charge is 0.191 e. The van der Waals surface area contributed by atoms with Gasteiger partial charge in [-0.2, -0.15) is 5.10 Å². The van der Waals surface area contributed by atoms with Crippen molar-refractivity contribution in [3.8, 4) is 0 Å². The molecule has 26 heavy (non-hydrogen) atoms. The van der Waals surface area contributed by atoms with E-state index in [-0.39, 0.29) is 0 Å². The summed E-state index contributed by atoms with van der Waals surface area (Å²) < 4.78 is 7.36. The first-order valence-corrected chi connectivity index (χ1v) is 9.27. The minimum absolute atomic E-state index is 0.618. The van der Waals surface area contributed by atoms with Gasteiger partial charge in [0.1, 0.15) is 5.76 Å². The molecule has 2 aromatic heterocycles. The molecule has 0 aromatic carbocycles. The summed E-state index contributed by atoms with van der Waals surface area (Å²) in [5.41, 5.74) is 4.68. The maximum atomic E-state index is 5.38. The maximum Gasteiger partial charge on any atom is 0.191 e. The topological polar surface area (TPSA) is 67.4 Å². The molecule has 6 nitrogen and oxygen atoms in total. The second-order valence-electron chi connectivity index (χ2n) is 6.43. The van der Waals surface area contributed by atoms with Crippen molar-refractivity contribution < 1.29 is 4.42 Å². The Morgan fingerprint density at radius 1 is 1.31 bits per heavy atom. The van der Waals surface area contributed by atoms with Crippen molar-refractivity contribution in [2.75, 3.05) is 13.1 Å². The lowest BCUT2D eigenvalue weighted by Crippen LogP contribution is -2.39. The number of nitrogens with one attached hydrogen (secondary N) is 2.